The summed E-state index contributed by atoms with van der Waals surface area (Å²) in [5, 5.41) is 11.6. The minimum Gasteiger partial charge on any atom is -0.390 e. The molecule has 1 saturated carbocycles. The van der Waals surface area contributed by atoms with Gasteiger partial charge < -0.3 is 10.0 Å². The predicted octanol–water partition coefficient (Wildman–Crippen LogP) is 2.51. The van der Waals surface area contributed by atoms with Crippen molar-refractivity contribution >= 4 is 22.1 Å². The van der Waals surface area contributed by atoms with Crippen molar-refractivity contribution in [3.05, 3.63) is 17.3 Å². The zero-order valence-electron chi connectivity index (χ0n) is 10.7. The Hall–Kier alpha value is -1.07. The van der Waals surface area contributed by atoms with E-state index in [4.69, 9.17) is 4.98 Å². The molecule has 1 aliphatic carbocycles. The van der Waals surface area contributed by atoms with E-state index in [1.807, 2.05) is 16.0 Å². The van der Waals surface area contributed by atoms with Gasteiger partial charge in [0.1, 0.15) is 0 Å². The van der Waals surface area contributed by atoms with Crippen LogP contribution in [-0.4, -0.2) is 27.6 Å². The first-order chi connectivity index (χ1) is 8.83. The van der Waals surface area contributed by atoms with Gasteiger partial charge in [-0.3, -0.25) is 4.40 Å². The van der Waals surface area contributed by atoms with Crippen molar-refractivity contribution in [3.8, 4) is 0 Å². The summed E-state index contributed by atoms with van der Waals surface area (Å²) in [7, 11) is 0. The van der Waals surface area contributed by atoms with E-state index in [-0.39, 0.29) is 6.61 Å². The Morgan fingerprint density at radius 2 is 2.39 bits per heavy atom. The molecule has 2 heterocycles. The number of fused-ring (bicyclic) bond motifs is 1. The molecule has 0 radical (unpaired) electrons. The molecule has 1 N–H and O–H groups in total. The van der Waals surface area contributed by atoms with Gasteiger partial charge in [-0.1, -0.05) is 6.92 Å². The van der Waals surface area contributed by atoms with E-state index in [9.17, 15) is 5.11 Å². The lowest BCUT2D eigenvalue weighted by Crippen LogP contribution is -2.28. The summed E-state index contributed by atoms with van der Waals surface area (Å²) in [6, 6.07) is 0. The first-order valence-corrected chi connectivity index (χ1v) is 7.51. The number of aliphatic hydroxyl groups is 1. The Labute approximate surface area is 111 Å². The van der Waals surface area contributed by atoms with Crippen LogP contribution < -0.4 is 4.90 Å². The van der Waals surface area contributed by atoms with Crippen molar-refractivity contribution in [2.75, 3.05) is 18.0 Å². The van der Waals surface area contributed by atoms with Crippen molar-refractivity contribution < 1.29 is 5.11 Å². The lowest BCUT2D eigenvalue weighted by molar-refractivity contribution is 0.276. The van der Waals surface area contributed by atoms with Crippen LogP contribution in [0.5, 0.6) is 0 Å². The highest BCUT2D eigenvalue weighted by atomic mass is 32.1. The molecule has 0 aliphatic heterocycles. The van der Waals surface area contributed by atoms with Gasteiger partial charge in [0.2, 0.25) is 0 Å². The fourth-order valence-corrected chi connectivity index (χ4v) is 3.12. The molecule has 0 amide bonds. The molecule has 3 rings (SSSR count). The number of anilines is 1. The quantitative estimate of drug-likeness (QED) is 0.872. The van der Waals surface area contributed by atoms with E-state index in [2.05, 4.69) is 11.8 Å². The SMILES string of the molecule is CCCN(CC1CC1)c1nc2sccn2c1CO. The van der Waals surface area contributed by atoms with Crippen LogP contribution in [-0.2, 0) is 6.61 Å². The second-order valence-corrected chi connectivity index (χ2v) is 5.86. The van der Waals surface area contributed by atoms with Crippen molar-refractivity contribution in [2.24, 2.45) is 5.92 Å². The largest absolute Gasteiger partial charge is 0.390 e. The Morgan fingerprint density at radius 3 is 3.06 bits per heavy atom. The molecule has 4 nitrogen and oxygen atoms in total. The Balaban J connectivity index is 1.95. The Morgan fingerprint density at radius 1 is 1.56 bits per heavy atom. The predicted molar refractivity (Wildman–Crippen MR) is 74.2 cm³/mol. The molecule has 2 aromatic heterocycles. The van der Waals surface area contributed by atoms with E-state index in [1.165, 1.54) is 12.8 Å². The van der Waals surface area contributed by atoms with Gasteiger partial charge in [-0.05, 0) is 25.2 Å². The lowest BCUT2D eigenvalue weighted by Gasteiger charge is -2.22. The van der Waals surface area contributed by atoms with E-state index in [1.54, 1.807) is 11.3 Å². The zero-order valence-corrected chi connectivity index (χ0v) is 11.5. The van der Waals surface area contributed by atoms with Crippen LogP contribution >= 0.6 is 11.3 Å². The van der Waals surface area contributed by atoms with Crippen LogP contribution in [0.2, 0.25) is 0 Å². The van der Waals surface area contributed by atoms with Crippen molar-refractivity contribution in [1.82, 2.24) is 9.38 Å². The van der Waals surface area contributed by atoms with E-state index >= 15 is 0 Å². The molecule has 0 atom stereocenters. The third-order valence-electron chi connectivity index (χ3n) is 3.46. The fraction of sp³-hybridized carbons (Fsp3) is 0.615. The van der Waals surface area contributed by atoms with Gasteiger partial charge in [-0.15, -0.1) is 11.3 Å². The number of aromatic nitrogens is 2. The number of rotatable bonds is 6. The lowest BCUT2D eigenvalue weighted by atomic mass is 10.3. The number of nitrogens with zero attached hydrogens (tertiary/aromatic N) is 3. The third kappa shape index (κ3) is 2.12. The minimum absolute atomic E-state index is 0.0537. The van der Waals surface area contributed by atoms with Crippen molar-refractivity contribution in [2.45, 2.75) is 32.8 Å². The molecule has 1 fully saturated rings. The number of aliphatic hydroxyl groups excluding tert-OH is 1. The number of imidazole rings is 1. The van der Waals surface area contributed by atoms with Gasteiger partial charge in [0.25, 0.3) is 0 Å². The van der Waals surface area contributed by atoms with E-state index in [0.717, 1.165) is 41.9 Å². The van der Waals surface area contributed by atoms with Gasteiger partial charge in [0.05, 0.1) is 12.3 Å². The summed E-state index contributed by atoms with van der Waals surface area (Å²) < 4.78 is 2.01. The van der Waals surface area contributed by atoms with Gasteiger partial charge >= 0.3 is 0 Å². The fourth-order valence-electron chi connectivity index (χ4n) is 2.39. The number of thiazole rings is 1. The molecular weight excluding hydrogens is 246 g/mol. The summed E-state index contributed by atoms with van der Waals surface area (Å²) in [4.78, 5) is 8.02. The van der Waals surface area contributed by atoms with Crippen LogP contribution in [0.1, 0.15) is 31.9 Å². The summed E-state index contributed by atoms with van der Waals surface area (Å²) >= 11 is 1.62. The average molecular weight is 265 g/mol. The maximum atomic E-state index is 9.61. The molecule has 98 valence electrons. The summed E-state index contributed by atoms with van der Waals surface area (Å²) in [5.74, 6) is 1.82. The minimum atomic E-state index is 0.0537. The second kappa shape index (κ2) is 4.90. The zero-order chi connectivity index (χ0) is 12.5. The highest BCUT2D eigenvalue weighted by Crippen LogP contribution is 2.33. The summed E-state index contributed by atoms with van der Waals surface area (Å²) in [6.45, 7) is 4.36. The van der Waals surface area contributed by atoms with Crippen LogP contribution in [0, 0.1) is 5.92 Å². The molecule has 18 heavy (non-hydrogen) atoms. The maximum absolute atomic E-state index is 9.61. The third-order valence-corrected chi connectivity index (χ3v) is 4.21. The molecule has 1 aliphatic rings. The number of hydrogen-bond donors (Lipinski definition) is 1. The van der Waals surface area contributed by atoms with Crippen molar-refractivity contribution in [3.63, 3.8) is 0 Å². The molecular formula is C13H19N3OS. The molecule has 0 bridgehead atoms. The normalized spacial score (nSPS) is 15.4. The first-order valence-electron chi connectivity index (χ1n) is 6.63. The highest BCUT2D eigenvalue weighted by Gasteiger charge is 2.27. The van der Waals surface area contributed by atoms with Gasteiger partial charge in [-0.25, -0.2) is 4.98 Å². The topological polar surface area (TPSA) is 40.8 Å². The molecule has 0 aromatic carbocycles. The van der Waals surface area contributed by atoms with Gasteiger partial charge in [0, 0.05) is 24.7 Å². The van der Waals surface area contributed by atoms with Crippen LogP contribution in [0.15, 0.2) is 11.6 Å². The van der Waals surface area contributed by atoms with Gasteiger partial charge in [-0.2, -0.15) is 0 Å². The Bertz CT molecular complexity index is 529. The van der Waals surface area contributed by atoms with Crippen molar-refractivity contribution in [1.29, 1.82) is 0 Å². The molecule has 0 unspecified atom stereocenters. The molecule has 2 aromatic rings. The maximum Gasteiger partial charge on any atom is 0.195 e. The number of hydrogen-bond acceptors (Lipinski definition) is 4. The van der Waals surface area contributed by atoms with E-state index in [0.29, 0.717) is 0 Å². The summed E-state index contributed by atoms with van der Waals surface area (Å²) in [5.41, 5.74) is 0.931. The van der Waals surface area contributed by atoms with Crippen LogP contribution in [0.3, 0.4) is 0 Å². The first kappa shape index (κ1) is 12.0. The summed E-state index contributed by atoms with van der Waals surface area (Å²) in [6.07, 6.45) is 5.79. The molecule has 0 saturated heterocycles. The smallest absolute Gasteiger partial charge is 0.195 e. The standard InChI is InChI=1S/C13H19N3OS/c1-2-5-15(8-10-3-4-10)12-11(9-17)16-6-7-18-13(16)14-12/h6-7,10,17H,2-5,8-9H2,1H3. The van der Waals surface area contributed by atoms with Crippen LogP contribution in [0.25, 0.3) is 4.96 Å². The van der Waals surface area contributed by atoms with Crippen LogP contribution in [0.4, 0.5) is 5.82 Å². The highest BCUT2D eigenvalue weighted by molar-refractivity contribution is 7.15. The Kier molecular flexibility index (Phi) is 3.26. The molecule has 0 spiro atoms. The van der Waals surface area contributed by atoms with E-state index < -0.39 is 0 Å². The van der Waals surface area contributed by atoms with Gasteiger partial charge in [0.15, 0.2) is 10.8 Å². The molecule has 5 heteroatoms. The second-order valence-electron chi connectivity index (χ2n) is 4.99. The average Bonchev–Trinajstić information content (AvgIpc) is 2.94. The monoisotopic (exact) mass is 265 g/mol.